The van der Waals surface area contributed by atoms with Crippen LogP contribution in [0, 0.1) is 5.92 Å². The van der Waals surface area contributed by atoms with Crippen molar-refractivity contribution in [3.63, 3.8) is 0 Å². The molecule has 0 bridgehead atoms. The number of hydrogen-bond donors (Lipinski definition) is 2. The van der Waals surface area contributed by atoms with E-state index in [1.165, 1.54) is 0 Å². The lowest BCUT2D eigenvalue weighted by Gasteiger charge is -2.02. The van der Waals surface area contributed by atoms with E-state index < -0.39 is 0 Å². The Morgan fingerprint density at radius 3 is 2.62 bits per heavy atom. The van der Waals surface area contributed by atoms with Crippen molar-refractivity contribution in [3.05, 3.63) is 12.2 Å². The normalized spacial score (nSPS) is 36.2. The molecule has 2 heteroatoms. The van der Waals surface area contributed by atoms with Crippen LogP contribution < -0.4 is 5.73 Å². The first-order valence-corrected chi connectivity index (χ1v) is 2.87. The predicted molar refractivity (Wildman–Crippen MR) is 32.3 cm³/mol. The summed E-state index contributed by atoms with van der Waals surface area (Å²) in [7, 11) is 0. The van der Waals surface area contributed by atoms with Gasteiger partial charge in [0.2, 0.25) is 0 Å². The number of nitrogens with two attached hydrogens (primary N) is 1. The van der Waals surface area contributed by atoms with Crippen molar-refractivity contribution < 1.29 is 5.11 Å². The molecule has 0 aromatic heterocycles. The number of aliphatic hydroxyl groups excluding tert-OH is 1. The fourth-order valence-corrected chi connectivity index (χ4v) is 0.942. The Morgan fingerprint density at radius 2 is 2.38 bits per heavy atom. The van der Waals surface area contributed by atoms with Crippen LogP contribution in [0.25, 0.3) is 0 Å². The molecule has 0 fully saturated rings. The first-order chi connectivity index (χ1) is 3.83. The summed E-state index contributed by atoms with van der Waals surface area (Å²) in [6, 6.07) is 0.187. The molecule has 2 atom stereocenters. The van der Waals surface area contributed by atoms with Crippen molar-refractivity contribution in [1.29, 1.82) is 0 Å². The fraction of sp³-hybridized carbons (Fsp3) is 0.667. The first kappa shape index (κ1) is 5.79. The van der Waals surface area contributed by atoms with E-state index in [-0.39, 0.29) is 12.6 Å². The summed E-state index contributed by atoms with van der Waals surface area (Å²) >= 11 is 0. The molecular formula is C6H11NO. The van der Waals surface area contributed by atoms with Crippen molar-refractivity contribution in [3.8, 4) is 0 Å². The van der Waals surface area contributed by atoms with Crippen molar-refractivity contribution in [2.45, 2.75) is 12.5 Å². The second-order valence-electron chi connectivity index (χ2n) is 2.23. The van der Waals surface area contributed by atoms with Crippen molar-refractivity contribution in [2.24, 2.45) is 11.7 Å². The van der Waals surface area contributed by atoms with Crippen molar-refractivity contribution >= 4 is 0 Å². The highest BCUT2D eigenvalue weighted by Gasteiger charge is 2.13. The van der Waals surface area contributed by atoms with Gasteiger partial charge in [-0.1, -0.05) is 12.2 Å². The number of rotatable bonds is 1. The van der Waals surface area contributed by atoms with Crippen LogP contribution in [-0.4, -0.2) is 17.8 Å². The van der Waals surface area contributed by atoms with Crippen molar-refractivity contribution in [2.75, 3.05) is 6.61 Å². The van der Waals surface area contributed by atoms with Crippen LogP contribution in [0.5, 0.6) is 0 Å². The average molecular weight is 113 g/mol. The summed E-state index contributed by atoms with van der Waals surface area (Å²) < 4.78 is 0. The molecule has 2 nitrogen and oxygen atoms in total. The molecule has 0 saturated carbocycles. The van der Waals surface area contributed by atoms with E-state index in [4.69, 9.17) is 10.8 Å². The van der Waals surface area contributed by atoms with Gasteiger partial charge in [-0.05, 0) is 6.42 Å². The molecule has 1 aliphatic carbocycles. The molecule has 0 spiro atoms. The van der Waals surface area contributed by atoms with Crippen LogP contribution in [0.15, 0.2) is 12.2 Å². The third-order valence-electron chi connectivity index (χ3n) is 1.44. The summed E-state index contributed by atoms with van der Waals surface area (Å²) in [6.45, 7) is 0.240. The van der Waals surface area contributed by atoms with E-state index in [0.717, 1.165) is 6.42 Å². The minimum Gasteiger partial charge on any atom is -0.396 e. The van der Waals surface area contributed by atoms with Crippen molar-refractivity contribution in [1.82, 2.24) is 0 Å². The van der Waals surface area contributed by atoms with Gasteiger partial charge in [0.25, 0.3) is 0 Å². The van der Waals surface area contributed by atoms with Gasteiger partial charge in [0, 0.05) is 18.6 Å². The largest absolute Gasteiger partial charge is 0.396 e. The highest BCUT2D eigenvalue weighted by molar-refractivity contribution is 5.04. The topological polar surface area (TPSA) is 46.2 Å². The number of hydrogen-bond acceptors (Lipinski definition) is 2. The zero-order valence-corrected chi connectivity index (χ0v) is 4.75. The molecule has 3 N–H and O–H groups in total. The zero-order chi connectivity index (χ0) is 5.98. The lowest BCUT2D eigenvalue weighted by molar-refractivity contribution is 0.249. The second kappa shape index (κ2) is 2.29. The Morgan fingerprint density at radius 1 is 1.62 bits per heavy atom. The monoisotopic (exact) mass is 113 g/mol. The van der Waals surface area contributed by atoms with Crippen LogP contribution in [0.3, 0.4) is 0 Å². The first-order valence-electron chi connectivity index (χ1n) is 2.87. The lowest BCUT2D eigenvalue weighted by atomic mass is 10.1. The van der Waals surface area contributed by atoms with Gasteiger partial charge in [0.15, 0.2) is 0 Å². The standard InChI is InChI=1S/C6H11NO/c7-6-2-1-5(3-6)4-8/h1-2,5-6,8H,3-4,7H2. The molecule has 0 radical (unpaired) electrons. The molecule has 46 valence electrons. The quantitative estimate of drug-likeness (QED) is 0.466. The lowest BCUT2D eigenvalue weighted by Crippen LogP contribution is -2.15. The Balaban J connectivity index is 2.34. The molecule has 0 aromatic rings. The van der Waals surface area contributed by atoms with Gasteiger partial charge in [-0.25, -0.2) is 0 Å². The SMILES string of the molecule is NC1C=CC(CO)C1. The van der Waals surface area contributed by atoms with Gasteiger partial charge in [0.05, 0.1) is 0 Å². The smallest absolute Gasteiger partial charge is 0.0494 e. The third kappa shape index (κ3) is 1.08. The summed E-state index contributed by atoms with van der Waals surface area (Å²) in [4.78, 5) is 0. The summed E-state index contributed by atoms with van der Waals surface area (Å²) in [6.07, 6.45) is 4.84. The highest BCUT2D eigenvalue weighted by Crippen LogP contribution is 2.14. The molecule has 1 aliphatic rings. The summed E-state index contributed by atoms with van der Waals surface area (Å²) in [5, 5.41) is 8.58. The van der Waals surface area contributed by atoms with Crippen LogP contribution >= 0.6 is 0 Å². The Hall–Kier alpha value is -0.340. The van der Waals surface area contributed by atoms with Crippen LogP contribution in [0.4, 0.5) is 0 Å². The molecule has 0 aliphatic heterocycles. The van der Waals surface area contributed by atoms with Crippen LogP contribution in [-0.2, 0) is 0 Å². The Bertz CT molecular complexity index is 101. The van der Waals surface area contributed by atoms with Gasteiger partial charge in [0.1, 0.15) is 0 Å². The van der Waals surface area contributed by atoms with Gasteiger partial charge in [-0.3, -0.25) is 0 Å². The van der Waals surface area contributed by atoms with E-state index >= 15 is 0 Å². The zero-order valence-electron chi connectivity index (χ0n) is 4.75. The van der Waals surface area contributed by atoms with E-state index in [1.54, 1.807) is 0 Å². The van der Waals surface area contributed by atoms with Crippen LogP contribution in [0.1, 0.15) is 6.42 Å². The van der Waals surface area contributed by atoms with Gasteiger partial charge in [-0.2, -0.15) is 0 Å². The maximum absolute atomic E-state index is 8.58. The predicted octanol–water partition coefficient (Wildman–Crippen LogP) is -0.118. The molecular weight excluding hydrogens is 102 g/mol. The Kier molecular flexibility index (Phi) is 1.65. The summed E-state index contributed by atoms with van der Waals surface area (Å²) in [5.74, 6) is 0.324. The van der Waals surface area contributed by atoms with Gasteiger partial charge >= 0.3 is 0 Å². The van der Waals surface area contributed by atoms with E-state index in [1.807, 2.05) is 12.2 Å². The van der Waals surface area contributed by atoms with E-state index in [0.29, 0.717) is 5.92 Å². The number of aliphatic hydroxyl groups is 1. The second-order valence-corrected chi connectivity index (χ2v) is 2.23. The molecule has 0 saturated heterocycles. The van der Waals surface area contributed by atoms with E-state index in [2.05, 4.69) is 0 Å². The fourth-order valence-electron chi connectivity index (χ4n) is 0.942. The Labute approximate surface area is 49.0 Å². The molecule has 2 unspecified atom stereocenters. The molecule has 8 heavy (non-hydrogen) atoms. The molecule has 1 rings (SSSR count). The van der Waals surface area contributed by atoms with Crippen LogP contribution in [0.2, 0.25) is 0 Å². The third-order valence-corrected chi connectivity index (χ3v) is 1.44. The molecule has 0 heterocycles. The average Bonchev–Trinajstić information content (AvgIpc) is 2.14. The minimum atomic E-state index is 0.187. The molecule has 0 amide bonds. The summed E-state index contributed by atoms with van der Waals surface area (Å²) in [5.41, 5.74) is 5.50. The maximum atomic E-state index is 8.58. The van der Waals surface area contributed by atoms with Gasteiger partial charge < -0.3 is 10.8 Å². The molecule has 0 aromatic carbocycles. The maximum Gasteiger partial charge on any atom is 0.0494 e. The van der Waals surface area contributed by atoms with Gasteiger partial charge in [-0.15, -0.1) is 0 Å². The highest BCUT2D eigenvalue weighted by atomic mass is 16.3. The minimum absolute atomic E-state index is 0.187. The van der Waals surface area contributed by atoms with E-state index in [9.17, 15) is 0 Å².